The van der Waals surface area contributed by atoms with E-state index >= 15 is 0 Å². The first kappa shape index (κ1) is 23.1. The van der Waals surface area contributed by atoms with Crippen molar-refractivity contribution in [2.24, 2.45) is 0 Å². The molecule has 34 heavy (non-hydrogen) atoms. The number of ether oxygens (including phenoxy) is 2. The highest BCUT2D eigenvalue weighted by molar-refractivity contribution is 7.99. The second kappa shape index (κ2) is 10.2. The van der Waals surface area contributed by atoms with Gasteiger partial charge in [-0.15, -0.1) is 0 Å². The molecule has 0 aliphatic rings. The van der Waals surface area contributed by atoms with Crippen LogP contribution in [-0.4, -0.2) is 26.8 Å². The van der Waals surface area contributed by atoms with E-state index in [1.807, 2.05) is 48.5 Å². The van der Waals surface area contributed by atoms with Gasteiger partial charge in [-0.3, -0.25) is 10.1 Å². The van der Waals surface area contributed by atoms with Crippen molar-refractivity contribution in [1.29, 1.82) is 0 Å². The van der Waals surface area contributed by atoms with Crippen molar-refractivity contribution in [2.75, 3.05) is 0 Å². The fourth-order valence-electron chi connectivity index (χ4n) is 3.18. The molecule has 0 radical (unpaired) electrons. The van der Waals surface area contributed by atoms with Gasteiger partial charge in [-0.05, 0) is 44.2 Å². The van der Waals surface area contributed by atoms with E-state index in [4.69, 9.17) is 9.47 Å². The van der Waals surface area contributed by atoms with Crippen molar-refractivity contribution in [3.8, 4) is 17.3 Å². The van der Waals surface area contributed by atoms with E-state index in [2.05, 4.69) is 5.10 Å². The molecular weight excluding hydrogens is 454 g/mol. The maximum atomic E-state index is 13.0. The lowest BCUT2D eigenvalue weighted by molar-refractivity contribution is -0.387. The van der Waals surface area contributed by atoms with Crippen LogP contribution in [0.15, 0.2) is 94.7 Å². The Kier molecular flexibility index (Phi) is 6.93. The van der Waals surface area contributed by atoms with Gasteiger partial charge in [0.2, 0.25) is 5.88 Å². The third-order valence-electron chi connectivity index (χ3n) is 4.83. The Bertz CT molecular complexity index is 1310. The number of benzene rings is 3. The number of esters is 1. The lowest BCUT2D eigenvalue weighted by Crippen LogP contribution is -2.29. The van der Waals surface area contributed by atoms with Crippen molar-refractivity contribution in [1.82, 2.24) is 9.78 Å². The molecule has 1 heterocycles. The normalized spacial score (nSPS) is 11.6. The summed E-state index contributed by atoms with van der Waals surface area (Å²) < 4.78 is 13.0. The number of nitro benzene ring substituents is 1. The molecule has 3 aromatic carbocycles. The Balaban J connectivity index is 1.71. The third-order valence-corrected chi connectivity index (χ3v) is 6.06. The van der Waals surface area contributed by atoms with Crippen molar-refractivity contribution in [3.05, 3.63) is 101 Å². The van der Waals surface area contributed by atoms with Crippen molar-refractivity contribution in [3.63, 3.8) is 0 Å². The Morgan fingerprint density at radius 3 is 2.29 bits per heavy atom. The topological polar surface area (TPSA) is 96.5 Å². The highest BCUT2D eigenvalue weighted by Gasteiger charge is 2.27. The predicted molar refractivity (Wildman–Crippen MR) is 128 cm³/mol. The van der Waals surface area contributed by atoms with Crippen molar-refractivity contribution in [2.45, 2.75) is 29.7 Å². The Hall–Kier alpha value is -4.11. The molecule has 0 amide bonds. The summed E-state index contributed by atoms with van der Waals surface area (Å²) in [6.45, 7) is 3.36. The summed E-state index contributed by atoms with van der Waals surface area (Å²) in [6, 6.07) is 24.6. The predicted octanol–water partition coefficient (Wildman–Crippen LogP) is 5.61. The number of para-hydroxylation sites is 3. The quantitative estimate of drug-likeness (QED) is 0.186. The second-order valence-corrected chi connectivity index (χ2v) is 8.34. The van der Waals surface area contributed by atoms with Crippen LogP contribution in [0.2, 0.25) is 0 Å². The fraction of sp³-hybridized carbons (Fsp3) is 0.120. The zero-order valence-electron chi connectivity index (χ0n) is 18.5. The van der Waals surface area contributed by atoms with Crippen molar-refractivity contribution >= 4 is 23.4 Å². The molecule has 1 atom stereocenters. The molecule has 9 heteroatoms. The zero-order chi connectivity index (χ0) is 24.1. The molecule has 0 aliphatic heterocycles. The van der Waals surface area contributed by atoms with E-state index in [1.165, 1.54) is 10.7 Å². The average Bonchev–Trinajstić information content (AvgIpc) is 3.15. The number of hydrogen-bond acceptors (Lipinski definition) is 7. The van der Waals surface area contributed by atoms with Crippen LogP contribution in [0.1, 0.15) is 12.6 Å². The van der Waals surface area contributed by atoms with Crippen LogP contribution in [0.5, 0.6) is 11.6 Å². The maximum Gasteiger partial charge on any atom is 0.353 e. The van der Waals surface area contributed by atoms with Gasteiger partial charge >= 0.3 is 5.97 Å². The van der Waals surface area contributed by atoms with Crippen molar-refractivity contribution < 1.29 is 19.2 Å². The molecule has 0 aliphatic carbocycles. The number of nitrogens with zero attached hydrogens (tertiary/aromatic N) is 3. The zero-order valence-corrected chi connectivity index (χ0v) is 19.3. The monoisotopic (exact) mass is 475 g/mol. The van der Waals surface area contributed by atoms with Gasteiger partial charge in [-0.25, -0.2) is 4.79 Å². The fourth-order valence-corrected chi connectivity index (χ4v) is 4.19. The first-order valence-corrected chi connectivity index (χ1v) is 11.3. The number of aryl methyl sites for hydroxylation is 1. The Labute approximate surface area is 200 Å². The van der Waals surface area contributed by atoms with Gasteiger partial charge < -0.3 is 9.47 Å². The van der Waals surface area contributed by atoms with Gasteiger partial charge in [-0.1, -0.05) is 60.3 Å². The average molecular weight is 476 g/mol. The smallest absolute Gasteiger partial charge is 0.353 e. The van der Waals surface area contributed by atoms with Gasteiger partial charge in [0.05, 0.1) is 26.1 Å². The van der Waals surface area contributed by atoms with Crippen LogP contribution in [0.3, 0.4) is 0 Å². The lowest BCUT2D eigenvalue weighted by Gasteiger charge is -2.15. The molecule has 0 fully saturated rings. The van der Waals surface area contributed by atoms with Crippen LogP contribution < -0.4 is 9.47 Å². The summed E-state index contributed by atoms with van der Waals surface area (Å²) >= 11 is 1.13. The van der Waals surface area contributed by atoms with Gasteiger partial charge in [0.25, 0.3) is 5.69 Å². The number of aromatic nitrogens is 2. The molecule has 0 N–H and O–H groups in total. The molecule has 0 bridgehead atoms. The minimum Gasteiger partial charge on any atom is -0.479 e. The second-order valence-electron chi connectivity index (χ2n) is 7.29. The number of rotatable bonds is 8. The molecule has 4 rings (SSSR count). The molecule has 0 saturated heterocycles. The summed E-state index contributed by atoms with van der Waals surface area (Å²) in [5, 5.41) is 16.1. The molecule has 0 saturated carbocycles. The molecule has 0 spiro atoms. The summed E-state index contributed by atoms with van der Waals surface area (Å²) in [4.78, 5) is 25.0. The van der Waals surface area contributed by atoms with E-state index in [0.29, 0.717) is 26.9 Å². The molecule has 1 unspecified atom stereocenters. The molecule has 8 nitrogen and oxygen atoms in total. The summed E-state index contributed by atoms with van der Waals surface area (Å²) in [5.74, 6) is 0.0833. The van der Waals surface area contributed by atoms with Gasteiger partial charge in [0.1, 0.15) is 5.75 Å². The highest BCUT2D eigenvalue weighted by Crippen LogP contribution is 2.42. The largest absolute Gasteiger partial charge is 0.479 e. The van der Waals surface area contributed by atoms with Crippen LogP contribution in [0.4, 0.5) is 5.69 Å². The van der Waals surface area contributed by atoms with Gasteiger partial charge in [-0.2, -0.15) is 9.78 Å². The Morgan fingerprint density at radius 2 is 1.62 bits per heavy atom. The maximum absolute atomic E-state index is 13.0. The van der Waals surface area contributed by atoms with Crippen LogP contribution in [0, 0.1) is 17.0 Å². The first-order chi connectivity index (χ1) is 16.4. The van der Waals surface area contributed by atoms with E-state index in [9.17, 15) is 14.9 Å². The van der Waals surface area contributed by atoms with Gasteiger partial charge in [0.15, 0.2) is 6.10 Å². The SMILES string of the molecule is Cc1nn(-c2ccccc2)c(OC(=O)C(C)Oc2ccccc2)c1Sc1ccccc1[N+](=O)[O-]. The molecule has 172 valence electrons. The van der Waals surface area contributed by atoms with Crippen LogP contribution in [0.25, 0.3) is 5.69 Å². The minimum absolute atomic E-state index is 0.0441. The van der Waals surface area contributed by atoms with E-state index in [1.54, 1.807) is 44.2 Å². The van der Waals surface area contributed by atoms with Crippen LogP contribution in [-0.2, 0) is 4.79 Å². The number of hydrogen-bond donors (Lipinski definition) is 0. The first-order valence-electron chi connectivity index (χ1n) is 10.4. The number of carbonyl (C=O) groups is 1. The summed E-state index contributed by atoms with van der Waals surface area (Å²) in [7, 11) is 0. The minimum atomic E-state index is -0.897. The Morgan fingerprint density at radius 1 is 1.00 bits per heavy atom. The lowest BCUT2D eigenvalue weighted by atomic mass is 10.3. The highest BCUT2D eigenvalue weighted by atomic mass is 32.2. The summed E-state index contributed by atoms with van der Waals surface area (Å²) in [6.07, 6.45) is -0.897. The standard InChI is InChI=1S/C25H21N3O5S/c1-17-23(34-22-16-10-9-15-21(22)28(30)31)24(27(26-17)19-11-5-3-6-12-19)33-25(29)18(2)32-20-13-7-4-8-14-20/h3-16,18H,1-2H3. The number of nitro groups is 1. The van der Waals surface area contributed by atoms with Gasteiger partial charge in [0, 0.05) is 6.07 Å². The molecule has 4 aromatic rings. The third kappa shape index (κ3) is 5.10. The molecule has 1 aromatic heterocycles. The number of carbonyl (C=O) groups excluding carboxylic acids is 1. The molecular formula is C25H21N3O5S. The summed E-state index contributed by atoms with van der Waals surface area (Å²) in [5.41, 5.74) is 1.20. The van der Waals surface area contributed by atoms with E-state index in [0.717, 1.165) is 11.8 Å². The van der Waals surface area contributed by atoms with E-state index in [-0.39, 0.29) is 11.6 Å². The van der Waals surface area contributed by atoms with Crippen LogP contribution >= 0.6 is 11.8 Å². The van der Waals surface area contributed by atoms with E-state index < -0.39 is 17.0 Å².